The molecule has 0 saturated heterocycles. The minimum atomic E-state index is -2.36. The Morgan fingerprint density at radius 2 is 0.846 bits per heavy atom. The molecule has 0 unspecified atom stereocenters. The topological polar surface area (TPSA) is 33.3 Å². The quantitative estimate of drug-likeness (QED) is 0.159. The van der Waals surface area contributed by atoms with E-state index in [-0.39, 0.29) is 16.2 Å². The first-order valence-corrected chi connectivity index (χ1v) is 25.9. The highest BCUT2D eigenvalue weighted by Crippen LogP contribution is 2.50. The number of fused-ring (bicyclic) bond motifs is 2. The van der Waals surface area contributed by atoms with Crippen LogP contribution in [0.3, 0.4) is 0 Å². The van der Waals surface area contributed by atoms with Gasteiger partial charge in [-0.05, 0) is 96.1 Å². The molecular formula is C47H68N2OSi2. The van der Waals surface area contributed by atoms with Gasteiger partial charge in [0.2, 0.25) is 0 Å². The van der Waals surface area contributed by atoms with Crippen molar-refractivity contribution in [1.29, 1.82) is 0 Å². The lowest BCUT2D eigenvalue weighted by Crippen LogP contribution is -2.54. The first-order chi connectivity index (χ1) is 24.1. The van der Waals surface area contributed by atoms with E-state index < -0.39 is 16.5 Å². The minimum Gasteiger partial charge on any atom is -0.457 e. The van der Waals surface area contributed by atoms with E-state index in [4.69, 9.17) is 4.74 Å². The highest BCUT2D eigenvalue weighted by atomic mass is 28.3. The maximum absolute atomic E-state index is 7.57. The molecule has 5 rings (SSSR count). The van der Waals surface area contributed by atoms with Crippen molar-refractivity contribution in [3.63, 3.8) is 0 Å². The van der Waals surface area contributed by atoms with Gasteiger partial charge in [0, 0.05) is 38.3 Å². The average molecular weight is 733 g/mol. The van der Waals surface area contributed by atoms with Gasteiger partial charge in [-0.3, -0.25) is 0 Å². The molecule has 52 heavy (non-hydrogen) atoms. The Hall–Kier alpha value is -3.29. The van der Waals surface area contributed by atoms with E-state index >= 15 is 0 Å². The fourth-order valence-electron chi connectivity index (χ4n) is 8.01. The van der Waals surface area contributed by atoms with Crippen molar-refractivity contribution in [3.05, 3.63) is 105 Å². The maximum Gasteiger partial charge on any atom is 0.183 e. The van der Waals surface area contributed by atoms with Crippen molar-refractivity contribution in [2.75, 3.05) is 9.96 Å². The smallest absolute Gasteiger partial charge is 0.183 e. The molecule has 3 nitrogen and oxygen atoms in total. The maximum atomic E-state index is 7.57. The Labute approximate surface area is 319 Å². The van der Waals surface area contributed by atoms with Gasteiger partial charge >= 0.3 is 0 Å². The monoisotopic (exact) mass is 732 g/mol. The number of anilines is 2. The predicted octanol–water partition coefficient (Wildman–Crippen LogP) is 12.0. The first kappa shape index (κ1) is 39.9. The second-order valence-electron chi connectivity index (χ2n) is 18.8. The molecule has 5 heteroatoms. The van der Waals surface area contributed by atoms with Gasteiger partial charge < -0.3 is 14.7 Å². The SMILES string of the molecule is CCc1cccc(CC)c1N[Si](C)(C)c1cc(C(C)(C)C)cc2c1Oc1c(cc(C(C)(C)C)cc1[Si](C)(C)Nc1c(CC)cccc1CC)C2(C)C. The summed E-state index contributed by atoms with van der Waals surface area (Å²) in [6.45, 7) is 38.0. The molecule has 0 atom stereocenters. The van der Waals surface area contributed by atoms with Crippen LogP contribution >= 0.6 is 0 Å². The lowest BCUT2D eigenvalue weighted by Gasteiger charge is -2.42. The second kappa shape index (κ2) is 14.2. The summed E-state index contributed by atoms with van der Waals surface area (Å²) in [5.41, 5.74) is 13.3. The van der Waals surface area contributed by atoms with Gasteiger partial charge in [-0.1, -0.05) is 144 Å². The number of hydrogen-bond donors (Lipinski definition) is 2. The van der Waals surface area contributed by atoms with Crippen molar-refractivity contribution in [2.45, 2.75) is 151 Å². The Morgan fingerprint density at radius 3 is 1.12 bits per heavy atom. The summed E-state index contributed by atoms with van der Waals surface area (Å²) in [7, 11) is -4.72. The van der Waals surface area contributed by atoms with E-state index in [2.05, 4.69) is 180 Å². The molecule has 0 fully saturated rings. The lowest BCUT2D eigenvalue weighted by molar-refractivity contribution is 0.421. The average Bonchev–Trinajstić information content (AvgIpc) is 3.06. The molecule has 0 aliphatic carbocycles. The number of ether oxygens (including phenoxy) is 1. The molecule has 4 aromatic carbocycles. The predicted molar refractivity (Wildman–Crippen MR) is 234 cm³/mol. The van der Waals surface area contributed by atoms with Crippen LogP contribution in [0.4, 0.5) is 11.4 Å². The molecule has 1 aliphatic rings. The van der Waals surface area contributed by atoms with Crippen LogP contribution < -0.4 is 25.1 Å². The van der Waals surface area contributed by atoms with E-state index in [1.165, 1.54) is 66.3 Å². The van der Waals surface area contributed by atoms with Gasteiger partial charge in [0.1, 0.15) is 11.5 Å². The first-order valence-electron chi connectivity index (χ1n) is 19.9. The van der Waals surface area contributed by atoms with Crippen LogP contribution in [0, 0.1) is 0 Å². The standard InChI is InChI=1S/C47H68N2OSi2/c1-17-31-23-21-24-32(18-2)41(31)48-51(13,14)39-29-35(45(5,6)7)27-37-43(39)50-44-38(47(37,11)12)28-36(46(8,9)10)30-40(44)52(15,16)49-42-33(19-3)25-22-26-34(42)20-4/h21-30,48-49H,17-20H2,1-16H3. The third kappa shape index (κ3) is 7.42. The summed E-state index contributed by atoms with van der Waals surface area (Å²) in [6, 6.07) is 23.5. The zero-order chi connectivity index (χ0) is 38.6. The Bertz CT molecular complexity index is 1770. The zero-order valence-electron chi connectivity index (χ0n) is 35.5. The van der Waals surface area contributed by atoms with Crippen LogP contribution in [0.25, 0.3) is 0 Å². The largest absolute Gasteiger partial charge is 0.457 e. The number of aryl methyl sites for hydroxylation is 4. The van der Waals surface area contributed by atoms with Gasteiger partial charge in [-0.15, -0.1) is 0 Å². The van der Waals surface area contributed by atoms with E-state index in [1.54, 1.807) is 0 Å². The van der Waals surface area contributed by atoms with Crippen LogP contribution in [0.15, 0.2) is 60.7 Å². The molecule has 4 aromatic rings. The van der Waals surface area contributed by atoms with Gasteiger partial charge in [0.25, 0.3) is 0 Å². The molecule has 0 bridgehead atoms. The normalized spacial score (nSPS) is 14.4. The van der Waals surface area contributed by atoms with Crippen LogP contribution in [-0.2, 0) is 41.9 Å². The number of para-hydroxylation sites is 2. The molecule has 0 aromatic heterocycles. The summed E-state index contributed by atoms with van der Waals surface area (Å²) >= 11 is 0. The fourth-order valence-corrected chi connectivity index (χ4v) is 12.7. The van der Waals surface area contributed by atoms with Crippen molar-refractivity contribution in [1.82, 2.24) is 0 Å². The number of hydrogen-bond acceptors (Lipinski definition) is 3. The van der Waals surface area contributed by atoms with Gasteiger partial charge in [0.15, 0.2) is 16.5 Å². The van der Waals surface area contributed by atoms with E-state index in [0.717, 1.165) is 37.2 Å². The molecule has 0 spiro atoms. The van der Waals surface area contributed by atoms with Crippen molar-refractivity contribution in [2.24, 2.45) is 0 Å². The molecule has 0 radical (unpaired) electrons. The summed E-state index contributed by atoms with van der Waals surface area (Å²) in [5, 5.41) is 2.70. The zero-order valence-corrected chi connectivity index (χ0v) is 37.5. The number of nitrogens with one attached hydrogen (secondary N) is 2. The summed E-state index contributed by atoms with van der Waals surface area (Å²) in [4.78, 5) is 8.48. The van der Waals surface area contributed by atoms with Crippen molar-refractivity contribution in [3.8, 4) is 11.5 Å². The molecule has 280 valence electrons. The Balaban J connectivity index is 1.79. The van der Waals surface area contributed by atoms with E-state index in [9.17, 15) is 0 Å². The molecule has 0 amide bonds. The van der Waals surface area contributed by atoms with Crippen LogP contribution in [-0.4, -0.2) is 16.5 Å². The van der Waals surface area contributed by atoms with Crippen molar-refractivity contribution < 1.29 is 4.74 Å². The Kier molecular flexibility index (Phi) is 10.9. The van der Waals surface area contributed by atoms with Crippen LogP contribution in [0.1, 0.15) is 128 Å². The minimum absolute atomic E-state index is 0.0125. The van der Waals surface area contributed by atoms with E-state index in [0.29, 0.717) is 0 Å². The summed E-state index contributed by atoms with van der Waals surface area (Å²) in [5.74, 6) is 2.14. The third-order valence-electron chi connectivity index (χ3n) is 11.7. The molecule has 2 N–H and O–H groups in total. The highest BCUT2D eigenvalue weighted by molar-refractivity contribution is 6.93. The van der Waals surface area contributed by atoms with Crippen LogP contribution in [0.5, 0.6) is 11.5 Å². The second-order valence-corrected chi connectivity index (χ2v) is 26.9. The van der Waals surface area contributed by atoms with E-state index in [1.807, 2.05) is 0 Å². The van der Waals surface area contributed by atoms with Gasteiger partial charge in [-0.2, -0.15) is 0 Å². The number of rotatable bonds is 10. The third-order valence-corrected chi connectivity index (χ3v) is 16.9. The fraction of sp³-hybridized carbons (Fsp3) is 0.489. The van der Waals surface area contributed by atoms with Crippen LogP contribution in [0.2, 0.25) is 26.2 Å². The lowest BCUT2D eigenvalue weighted by atomic mass is 9.72. The van der Waals surface area contributed by atoms with Gasteiger partial charge in [-0.25, -0.2) is 0 Å². The highest BCUT2D eigenvalue weighted by Gasteiger charge is 2.44. The Morgan fingerprint density at radius 1 is 0.538 bits per heavy atom. The molecule has 1 heterocycles. The summed E-state index contributed by atoms with van der Waals surface area (Å²) in [6.07, 6.45) is 4.02. The molecular weight excluding hydrogens is 665 g/mol. The molecule has 1 aliphatic heterocycles. The summed E-state index contributed by atoms with van der Waals surface area (Å²) < 4.78 is 7.57. The van der Waals surface area contributed by atoms with Crippen molar-refractivity contribution >= 4 is 38.2 Å². The van der Waals surface area contributed by atoms with Gasteiger partial charge in [0.05, 0.1) is 0 Å². The molecule has 0 saturated carbocycles. The number of benzene rings is 4.